The molecule has 0 amide bonds. The highest BCUT2D eigenvalue weighted by molar-refractivity contribution is 7.14. The van der Waals surface area contributed by atoms with Crippen LogP contribution in [0.5, 0.6) is 0 Å². The van der Waals surface area contributed by atoms with Crippen molar-refractivity contribution in [3.05, 3.63) is 71.6 Å². The second kappa shape index (κ2) is 5.31. The number of carboxylic acids is 1. The van der Waals surface area contributed by atoms with Gasteiger partial charge in [-0.3, -0.25) is 0 Å². The molecule has 0 spiro atoms. The highest BCUT2D eigenvalue weighted by Gasteiger charge is 2.12. The monoisotopic (exact) mass is 280 g/mol. The Morgan fingerprint density at radius 1 is 0.900 bits per heavy atom. The standard InChI is InChI=1S/C17H12O2S/c18-17(19)15-9-5-4-8-14(15)16-10-13(11-20-16)12-6-2-1-3-7-12/h1-11H,(H,18,19). The van der Waals surface area contributed by atoms with Crippen molar-refractivity contribution in [2.75, 3.05) is 0 Å². The second-order valence-corrected chi connectivity index (χ2v) is 5.33. The van der Waals surface area contributed by atoms with Crippen molar-refractivity contribution < 1.29 is 9.90 Å². The van der Waals surface area contributed by atoms with Crippen molar-refractivity contribution in [2.45, 2.75) is 0 Å². The number of aromatic carboxylic acids is 1. The van der Waals surface area contributed by atoms with E-state index in [2.05, 4.69) is 17.5 Å². The molecule has 3 aromatic rings. The molecular formula is C17H12O2S. The second-order valence-electron chi connectivity index (χ2n) is 4.42. The first-order chi connectivity index (χ1) is 9.75. The van der Waals surface area contributed by atoms with Gasteiger partial charge in [0.1, 0.15) is 0 Å². The van der Waals surface area contributed by atoms with Gasteiger partial charge in [-0.15, -0.1) is 11.3 Å². The van der Waals surface area contributed by atoms with E-state index in [0.29, 0.717) is 5.56 Å². The first-order valence-electron chi connectivity index (χ1n) is 6.22. The molecule has 0 aliphatic rings. The maximum Gasteiger partial charge on any atom is 0.336 e. The molecule has 1 heterocycles. The Morgan fingerprint density at radius 3 is 2.35 bits per heavy atom. The van der Waals surface area contributed by atoms with E-state index in [1.54, 1.807) is 23.5 Å². The average molecular weight is 280 g/mol. The number of benzene rings is 2. The molecule has 0 fully saturated rings. The zero-order chi connectivity index (χ0) is 13.9. The normalized spacial score (nSPS) is 10.4. The maximum atomic E-state index is 11.3. The molecule has 98 valence electrons. The van der Waals surface area contributed by atoms with Crippen molar-refractivity contribution >= 4 is 17.3 Å². The number of carboxylic acid groups (broad SMARTS) is 1. The Labute approximate surface area is 121 Å². The summed E-state index contributed by atoms with van der Waals surface area (Å²) in [6, 6.07) is 19.2. The van der Waals surface area contributed by atoms with E-state index in [1.807, 2.05) is 36.4 Å². The van der Waals surface area contributed by atoms with Gasteiger partial charge in [0, 0.05) is 10.4 Å². The third-order valence-electron chi connectivity index (χ3n) is 3.13. The van der Waals surface area contributed by atoms with E-state index in [9.17, 15) is 9.90 Å². The minimum atomic E-state index is -0.893. The summed E-state index contributed by atoms with van der Waals surface area (Å²) in [5.41, 5.74) is 3.37. The first kappa shape index (κ1) is 12.6. The van der Waals surface area contributed by atoms with Gasteiger partial charge < -0.3 is 5.11 Å². The largest absolute Gasteiger partial charge is 0.478 e. The Morgan fingerprint density at radius 2 is 1.60 bits per heavy atom. The Balaban J connectivity index is 2.05. The van der Waals surface area contributed by atoms with Gasteiger partial charge in [0.05, 0.1) is 5.56 Å². The summed E-state index contributed by atoms with van der Waals surface area (Å²) in [5, 5.41) is 11.3. The maximum absolute atomic E-state index is 11.3. The minimum absolute atomic E-state index is 0.342. The summed E-state index contributed by atoms with van der Waals surface area (Å²) in [6.07, 6.45) is 0. The van der Waals surface area contributed by atoms with E-state index in [-0.39, 0.29) is 0 Å². The molecule has 0 aliphatic carbocycles. The third-order valence-corrected chi connectivity index (χ3v) is 4.09. The fourth-order valence-electron chi connectivity index (χ4n) is 2.14. The number of rotatable bonds is 3. The summed E-state index contributed by atoms with van der Waals surface area (Å²) >= 11 is 1.57. The highest BCUT2D eigenvalue weighted by atomic mass is 32.1. The number of carbonyl (C=O) groups is 1. The van der Waals surface area contributed by atoms with Crippen LogP contribution in [0.4, 0.5) is 0 Å². The molecule has 3 heteroatoms. The van der Waals surface area contributed by atoms with E-state index >= 15 is 0 Å². The molecule has 0 aliphatic heterocycles. The smallest absolute Gasteiger partial charge is 0.336 e. The molecule has 0 bridgehead atoms. The SMILES string of the molecule is O=C(O)c1ccccc1-c1cc(-c2ccccc2)cs1. The summed E-state index contributed by atoms with van der Waals surface area (Å²) < 4.78 is 0. The zero-order valence-electron chi connectivity index (χ0n) is 10.6. The number of hydrogen-bond donors (Lipinski definition) is 1. The predicted molar refractivity (Wildman–Crippen MR) is 82.2 cm³/mol. The lowest BCUT2D eigenvalue weighted by Gasteiger charge is -2.02. The van der Waals surface area contributed by atoms with Crippen LogP contribution >= 0.6 is 11.3 Å². The molecule has 2 aromatic carbocycles. The molecule has 1 N–H and O–H groups in total. The van der Waals surface area contributed by atoms with Gasteiger partial charge in [0.25, 0.3) is 0 Å². The summed E-state index contributed by atoms with van der Waals surface area (Å²) in [4.78, 5) is 12.3. The fourth-order valence-corrected chi connectivity index (χ4v) is 3.10. The van der Waals surface area contributed by atoms with E-state index < -0.39 is 5.97 Å². The predicted octanol–water partition coefficient (Wildman–Crippen LogP) is 4.78. The van der Waals surface area contributed by atoms with Gasteiger partial charge in [0.2, 0.25) is 0 Å². The van der Waals surface area contributed by atoms with Gasteiger partial charge in [0.15, 0.2) is 0 Å². The van der Waals surface area contributed by atoms with Crippen LogP contribution in [-0.4, -0.2) is 11.1 Å². The van der Waals surface area contributed by atoms with Gasteiger partial charge in [-0.1, -0.05) is 48.5 Å². The van der Waals surface area contributed by atoms with Crippen molar-refractivity contribution in [1.82, 2.24) is 0 Å². The van der Waals surface area contributed by atoms with E-state index in [4.69, 9.17) is 0 Å². The molecule has 0 radical (unpaired) electrons. The lowest BCUT2D eigenvalue weighted by Crippen LogP contribution is -1.97. The molecule has 0 atom stereocenters. The van der Waals surface area contributed by atoms with Crippen LogP contribution in [0.15, 0.2) is 66.0 Å². The topological polar surface area (TPSA) is 37.3 Å². The van der Waals surface area contributed by atoms with Gasteiger partial charge in [-0.05, 0) is 28.6 Å². The lowest BCUT2D eigenvalue weighted by molar-refractivity contribution is 0.0698. The fraction of sp³-hybridized carbons (Fsp3) is 0. The third kappa shape index (κ3) is 2.36. The van der Waals surface area contributed by atoms with Crippen molar-refractivity contribution in [3.63, 3.8) is 0 Å². The van der Waals surface area contributed by atoms with Crippen LogP contribution in [0.1, 0.15) is 10.4 Å². The molecule has 0 unspecified atom stereocenters. The molecule has 0 saturated carbocycles. The van der Waals surface area contributed by atoms with Crippen molar-refractivity contribution in [2.24, 2.45) is 0 Å². The van der Waals surface area contributed by atoms with Crippen LogP contribution in [0.3, 0.4) is 0 Å². The summed E-state index contributed by atoms with van der Waals surface area (Å²) in [5.74, 6) is -0.893. The molecule has 0 saturated heterocycles. The van der Waals surface area contributed by atoms with Crippen LogP contribution in [0.25, 0.3) is 21.6 Å². The number of thiophene rings is 1. The van der Waals surface area contributed by atoms with E-state index in [0.717, 1.165) is 21.6 Å². The van der Waals surface area contributed by atoms with Crippen LogP contribution < -0.4 is 0 Å². The van der Waals surface area contributed by atoms with Crippen molar-refractivity contribution in [3.8, 4) is 21.6 Å². The van der Waals surface area contributed by atoms with Gasteiger partial charge in [-0.25, -0.2) is 4.79 Å². The van der Waals surface area contributed by atoms with Crippen LogP contribution in [-0.2, 0) is 0 Å². The molecular weight excluding hydrogens is 268 g/mol. The molecule has 1 aromatic heterocycles. The summed E-state index contributed by atoms with van der Waals surface area (Å²) in [7, 11) is 0. The quantitative estimate of drug-likeness (QED) is 0.749. The molecule has 2 nitrogen and oxygen atoms in total. The van der Waals surface area contributed by atoms with Gasteiger partial charge in [-0.2, -0.15) is 0 Å². The highest BCUT2D eigenvalue weighted by Crippen LogP contribution is 2.34. The molecule has 20 heavy (non-hydrogen) atoms. The molecule has 3 rings (SSSR count). The zero-order valence-corrected chi connectivity index (χ0v) is 11.4. The Bertz CT molecular complexity index is 744. The minimum Gasteiger partial charge on any atom is -0.478 e. The number of hydrogen-bond acceptors (Lipinski definition) is 2. The van der Waals surface area contributed by atoms with E-state index in [1.165, 1.54) is 0 Å². The van der Waals surface area contributed by atoms with Crippen molar-refractivity contribution in [1.29, 1.82) is 0 Å². The van der Waals surface area contributed by atoms with Crippen LogP contribution in [0.2, 0.25) is 0 Å². The lowest BCUT2D eigenvalue weighted by atomic mass is 10.0. The average Bonchev–Trinajstić information content (AvgIpc) is 2.98. The first-order valence-corrected chi connectivity index (χ1v) is 7.10. The van der Waals surface area contributed by atoms with Crippen LogP contribution in [0, 0.1) is 0 Å². The Hall–Kier alpha value is -2.39. The Kier molecular flexibility index (Phi) is 3.35. The van der Waals surface area contributed by atoms with Gasteiger partial charge >= 0.3 is 5.97 Å². The summed E-state index contributed by atoms with van der Waals surface area (Å²) in [6.45, 7) is 0.